The Balaban J connectivity index is 2.42. The smallest absolute Gasteiger partial charge is 0.234 e. The zero-order chi connectivity index (χ0) is 15.0. The van der Waals surface area contributed by atoms with Crippen LogP contribution in [0.5, 0.6) is 0 Å². The van der Waals surface area contributed by atoms with E-state index >= 15 is 0 Å². The highest BCUT2D eigenvalue weighted by atomic mass is 16.2. The summed E-state index contributed by atoms with van der Waals surface area (Å²) < 4.78 is 0. The molecule has 0 fully saturated rings. The Morgan fingerprint density at radius 3 is 2.35 bits per heavy atom. The molecule has 0 aromatic heterocycles. The van der Waals surface area contributed by atoms with Gasteiger partial charge in [0.05, 0.1) is 6.54 Å². The van der Waals surface area contributed by atoms with Gasteiger partial charge in [0.1, 0.15) is 0 Å². The normalized spacial score (nSPS) is 10.4. The first-order valence-corrected chi connectivity index (χ1v) is 6.90. The lowest BCUT2D eigenvalue weighted by atomic mass is 10.1. The summed E-state index contributed by atoms with van der Waals surface area (Å²) >= 11 is 0. The predicted molar refractivity (Wildman–Crippen MR) is 80.3 cm³/mol. The monoisotopic (exact) mass is 277 g/mol. The van der Waals surface area contributed by atoms with Gasteiger partial charge in [-0.1, -0.05) is 32.9 Å². The van der Waals surface area contributed by atoms with Gasteiger partial charge in [0, 0.05) is 18.2 Å². The number of nitrogens with one attached hydrogen (secondary N) is 3. The van der Waals surface area contributed by atoms with Gasteiger partial charge in [0.2, 0.25) is 11.8 Å². The summed E-state index contributed by atoms with van der Waals surface area (Å²) in [6, 6.07) is 7.46. The molecule has 0 saturated heterocycles. The molecule has 5 heteroatoms. The summed E-state index contributed by atoms with van der Waals surface area (Å²) in [6.07, 6.45) is 0. The van der Waals surface area contributed by atoms with Gasteiger partial charge < -0.3 is 16.0 Å². The molecule has 1 rings (SSSR count). The summed E-state index contributed by atoms with van der Waals surface area (Å²) in [4.78, 5) is 23.0. The summed E-state index contributed by atoms with van der Waals surface area (Å²) in [5.41, 5.74) is 1.77. The quantitative estimate of drug-likeness (QED) is 0.707. The maximum atomic E-state index is 11.5. The fourth-order valence-electron chi connectivity index (χ4n) is 1.49. The minimum Gasteiger partial charge on any atom is -0.351 e. The van der Waals surface area contributed by atoms with Crippen molar-refractivity contribution >= 4 is 17.5 Å². The first-order chi connectivity index (χ1) is 9.52. The van der Waals surface area contributed by atoms with E-state index < -0.39 is 0 Å². The minimum atomic E-state index is -0.0416. The standard InChI is InChI=1S/C15H23N3O2/c1-4-16-10-14(19)17-9-12-5-7-13(8-6-12)18-15(20)11(2)3/h5-8,11,16H,4,9-10H2,1-3H3,(H,17,19)(H,18,20). The number of likely N-dealkylation sites (N-methyl/N-ethyl adjacent to an activating group) is 1. The number of hydrogen-bond donors (Lipinski definition) is 3. The molecule has 0 aliphatic rings. The largest absolute Gasteiger partial charge is 0.351 e. The SMILES string of the molecule is CCNCC(=O)NCc1ccc(NC(=O)C(C)C)cc1. The van der Waals surface area contributed by atoms with Crippen molar-refractivity contribution in [2.24, 2.45) is 5.92 Å². The molecular weight excluding hydrogens is 254 g/mol. The van der Waals surface area contributed by atoms with Crippen LogP contribution in [0.2, 0.25) is 0 Å². The van der Waals surface area contributed by atoms with Crippen molar-refractivity contribution < 1.29 is 9.59 Å². The van der Waals surface area contributed by atoms with Crippen LogP contribution < -0.4 is 16.0 Å². The number of anilines is 1. The van der Waals surface area contributed by atoms with Gasteiger partial charge >= 0.3 is 0 Å². The van der Waals surface area contributed by atoms with Gasteiger partial charge in [-0.15, -0.1) is 0 Å². The Labute approximate surface area is 120 Å². The topological polar surface area (TPSA) is 70.2 Å². The minimum absolute atomic E-state index is 0.00306. The fraction of sp³-hybridized carbons (Fsp3) is 0.467. The van der Waals surface area contributed by atoms with Crippen molar-refractivity contribution in [3.8, 4) is 0 Å². The van der Waals surface area contributed by atoms with E-state index in [2.05, 4.69) is 16.0 Å². The van der Waals surface area contributed by atoms with E-state index in [1.165, 1.54) is 0 Å². The molecule has 0 aliphatic heterocycles. The molecule has 0 heterocycles. The molecule has 20 heavy (non-hydrogen) atoms. The zero-order valence-corrected chi connectivity index (χ0v) is 12.3. The van der Waals surface area contributed by atoms with Gasteiger partial charge in [-0.25, -0.2) is 0 Å². The summed E-state index contributed by atoms with van der Waals surface area (Å²) in [6.45, 7) is 7.25. The summed E-state index contributed by atoms with van der Waals surface area (Å²) in [5, 5.41) is 8.61. The Morgan fingerprint density at radius 2 is 1.80 bits per heavy atom. The van der Waals surface area contributed by atoms with Crippen LogP contribution in [-0.4, -0.2) is 24.9 Å². The zero-order valence-electron chi connectivity index (χ0n) is 12.3. The summed E-state index contributed by atoms with van der Waals surface area (Å²) in [7, 11) is 0. The van der Waals surface area contributed by atoms with Gasteiger partial charge in [-0.2, -0.15) is 0 Å². The maximum absolute atomic E-state index is 11.5. The lowest BCUT2D eigenvalue weighted by molar-refractivity contribution is -0.120. The Bertz CT molecular complexity index is 441. The third kappa shape index (κ3) is 5.84. The van der Waals surface area contributed by atoms with Crippen molar-refractivity contribution in [1.29, 1.82) is 0 Å². The summed E-state index contributed by atoms with van der Waals surface area (Å²) in [5.74, 6) is -0.0687. The second-order valence-electron chi connectivity index (χ2n) is 4.90. The van der Waals surface area contributed by atoms with E-state index in [0.717, 1.165) is 17.8 Å². The Hall–Kier alpha value is -1.88. The number of carbonyl (C=O) groups excluding carboxylic acids is 2. The first-order valence-electron chi connectivity index (χ1n) is 6.90. The second-order valence-corrected chi connectivity index (χ2v) is 4.90. The molecule has 1 aromatic carbocycles. The Morgan fingerprint density at radius 1 is 1.15 bits per heavy atom. The van der Waals surface area contributed by atoms with E-state index in [1.807, 2.05) is 45.0 Å². The lowest BCUT2D eigenvalue weighted by Crippen LogP contribution is -2.33. The first kappa shape index (κ1) is 16.2. The lowest BCUT2D eigenvalue weighted by Gasteiger charge is -2.09. The average Bonchev–Trinajstić information content (AvgIpc) is 2.44. The van der Waals surface area contributed by atoms with Crippen molar-refractivity contribution in [3.05, 3.63) is 29.8 Å². The molecule has 1 aromatic rings. The second kappa shape index (κ2) is 8.32. The maximum Gasteiger partial charge on any atom is 0.234 e. The molecule has 0 bridgehead atoms. The predicted octanol–water partition coefficient (Wildman–Crippen LogP) is 1.51. The van der Waals surface area contributed by atoms with Crippen molar-refractivity contribution in [2.75, 3.05) is 18.4 Å². The van der Waals surface area contributed by atoms with Crippen molar-refractivity contribution in [1.82, 2.24) is 10.6 Å². The number of benzene rings is 1. The molecule has 3 N–H and O–H groups in total. The number of amides is 2. The van der Waals surface area contributed by atoms with Gasteiger partial charge in [0.25, 0.3) is 0 Å². The molecule has 110 valence electrons. The van der Waals surface area contributed by atoms with Crippen LogP contribution in [0.3, 0.4) is 0 Å². The van der Waals surface area contributed by atoms with E-state index in [4.69, 9.17) is 0 Å². The molecule has 0 radical (unpaired) electrons. The van der Waals surface area contributed by atoms with E-state index in [1.54, 1.807) is 0 Å². The highest BCUT2D eigenvalue weighted by Crippen LogP contribution is 2.10. The van der Waals surface area contributed by atoms with Gasteiger partial charge in [0.15, 0.2) is 0 Å². The van der Waals surface area contributed by atoms with Crippen LogP contribution in [0.4, 0.5) is 5.69 Å². The van der Waals surface area contributed by atoms with Gasteiger partial charge in [-0.05, 0) is 24.2 Å². The van der Waals surface area contributed by atoms with Crippen LogP contribution in [-0.2, 0) is 16.1 Å². The Kier molecular flexibility index (Phi) is 6.73. The fourth-order valence-corrected chi connectivity index (χ4v) is 1.49. The van der Waals surface area contributed by atoms with Crippen LogP contribution in [0.15, 0.2) is 24.3 Å². The molecule has 5 nitrogen and oxygen atoms in total. The molecule has 2 amide bonds. The molecule has 0 unspecified atom stereocenters. The third-order valence-corrected chi connectivity index (χ3v) is 2.77. The highest BCUT2D eigenvalue weighted by Gasteiger charge is 2.06. The number of rotatable bonds is 7. The number of carbonyl (C=O) groups is 2. The van der Waals surface area contributed by atoms with Crippen molar-refractivity contribution in [3.63, 3.8) is 0 Å². The van der Waals surface area contributed by atoms with Crippen LogP contribution in [0, 0.1) is 5.92 Å². The molecule has 0 atom stereocenters. The molecular formula is C15H23N3O2. The van der Waals surface area contributed by atoms with E-state index in [0.29, 0.717) is 13.1 Å². The van der Waals surface area contributed by atoms with E-state index in [9.17, 15) is 9.59 Å². The van der Waals surface area contributed by atoms with Crippen LogP contribution in [0.25, 0.3) is 0 Å². The van der Waals surface area contributed by atoms with Crippen LogP contribution >= 0.6 is 0 Å². The molecule has 0 saturated carbocycles. The third-order valence-electron chi connectivity index (χ3n) is 2.77. The number of hydrogen-bond acceptors (Lipinski definition) is 3. The van der Waals surface area contributed by atoms with Crippen LogP contribution in [0.1, 0.15) is 26.3 Å². The molecule has 0 aliphatic carbocycles. The van der Waals surface area contributed by atoms with Crippen molar-refractivity contribution in [2.45, 2.75) is 27.3 Å². The van der Waals surface area contributed by atoms with E-state index in [-0.39, 0.29) is 17.7 Å². The highest BCUT2D eigenvalue weighted by molar-refractivity contribution is 5.92. The average molecular weight is 277 g/mol. The molecule has 0 spiro atoms. The van der Waals surface area contributed by atoms with Gasteiger partial charge in [-0.3, -0.25) is 9.59 Å².